The van der Waals surface area contributed by atoms with Crippen LogP contribution >= 0.6 is 0 Å². The van der Waals surface area contributed by atoms with Crippen molar-refractivity contribution in [3.8, 4) is 0 Å². The highest BCUT2D eigenvalue weighted by Crippen LogP contribution is 2.21. The maximum absolute atomic E-state index is 12.4. The molecule has 1 amide bonds. The molecular formula is C16H23NO4. The van der Waals surface area contributed by atoms with Crippen LogP contribution in [-0.4, -0.2) is 37.2 Å². The Hall–Kier alpha value is -1.88. The molecule has 0 fully saturated rings. The third kappa shape index (κ3) is 3.82. The van der Waals surface area contributed by atoms with E-state index in [0.29, 0.717) is 18.6 Å². The number of esters is 1. The van der Waals surface area contributed by atoms with Gasteiger partial charge in [-0.1, -0.05) is 25.1 Å². The van der Waals surface area contributed by atoms with Crippen molar-refractivity contribution in [3.05, 3.63) is 35.9 Å². The molecule has 2 atom stereocenters. The van der Waals surface area contributed by atoms with Crippen molar-refractivity contribution < 1.29 is 19.1 Å². The maximum atomic E-state index is 12.4. The van der Waals surface area contributed by atoms with E-state index < -0.39 is 17.6 Å². The molecule has 1 N–H and O–H groups in total. The molecule has 5 nitrogen and oxygen atoms in total. The zero-order valence-electron chi connectivity index (χ0n) is 13.0. The fraction of sp³-hybridized carbons (Fsp3) is 0.500. The van der Waals surface area contributed by atoms with Crippen molar-refractivity contribution in [2.75, 3.05) is 13.7 Å². The minimum absolute atomic E-state index is 0.325. The summed E-state index contributed by atoms with van der Waals surface area (Å²) in [6, 6.07) is 8.75. The molecule has 0 radical (unpaired) electrons. The van der Waals surface area contributed by atoms with E-state index in [4.69, 9.17) is 9.47 Å². The van der Waals surface area contributed by atoms with Gasteiger partial charge in [-0.15, -0.1) is 0 Å². The Balaban J connectivity index is 3.07. The summed E-state index contributed by atoms with van der Waals surface area (Å²) in [6.45, 7) is 5.86. The van der Waals surface area contributed by atoms with Crippen LogP contribution in [0.25, 0.3) is 0 Å². The van der Waals surface area contributed by atoms with E-state index in [2.05, 4.69) is 5.32 Å². The van der Waals surface area contributed by atoms with Crippen LogP contribution in [0.2, 0.25) is 0 Å². The highest BCUT2D eigenvalue weighted by atomic mass is 16.5. The average Bonchev–Trinajstić information content (AvgIpc) is 2.52. The first kappa shape index (κ1) is 17.2. The van der Waals surface area contributed by atoms with E-state index in [1.165, 1.54) is 7.11 Å². The molecule has 1 aromatic rings. The van der Waals surface area contributed by atoms with Gasteiger partial charge in [0.2, 0.25) is 0 Å². The van der Waals surface area contributed by atoms with Crippen molar-refractivity contribution in [3.63, 3.8) is 0 Å². The van der Waals surface area contributed by atoms with E-state index in [0.717, 1.165) is 0 Å². The molecule has 0 aliphatic carbocycles. The number of benzene rings is 1. The molecule has 0 heterocycles. The first-order valence-electron chi connectivity index (χ1n) is 7.09. The third-order valence-electron chi connectivity index (χ3n) is 3.59. The molecule has 0 aromatic heterocycles. The van der Waals surface area contributed by atoms with Gasteiger partial charge in [-0.2, -0.15) is 0 Å². The van der Waals surface area contributed by atoms with Crippen LogP contribution in [0, 0.1) is 0 Å². The van der Waals surface area contributed by atoms with E-state index in [1.54, 1.807) is 31.2 Å². The highest BCUT2D eigenvalue weighted by molar-refractivity contribution is 5.98. The molecule has 0 unspecified atom stereocenters. The zero-order valence-corrected chi connectivity index (χ0v) is 13.0. The average molecular weight is 293 g/mol. The van der Waals surface area contributed by atoms with Crippen molar-refractivity contribution in [1.29, 1.82) is 0 Å². The van der Waals surface area contributed by atoms with Crippen molar-refractivity contribution >= 4 is 11.9 Å². The molecule has 1 aromatic carbocycles. The summed E-state index contributed by atoms with van der Waals surface area (Å²) in [4.78, 5) is 24.6. The fourth-order valence-electron chi connectivity index (χ4n) is 2.28. The number of hydrogen-bond acceptors (Lipinski definition) is 4. The van der Waals surface area contributed by atoms with Crippen LogP contribution in [0.15, 0.2) is 30.3 Å². The summed E-state index contributed by atoms with van der Waals surface area (Å²) < 4.78 is 10.4. The van der Waals surface area contributed by atoms with Crippen LogP contribution in [-0.2, 0) is 14.3 Å². The highest BCUT2D eigenvalue weighted by Gasteiger charge is 2.45. The number of carbonyl (C=O) groups excluding carboxylic acids is 2. The molecule has 5 heteroatoms. The smallest absolute Gasteiger partial charge is 0.334 e. The van der Waals surface area contributed by atoms with Gasteiger partial charge in [0.15, 0.2) is 5.54 Å². The second-order valence-corrected chi connectivity index (χ2v) is 4.73. The number of rotatable bonds is 7. The fourth-order valence-corrected chi connectivity index (χ4v) is 2.28. The molecule has 0 aliphatic heterocycles. The van der Waals surface area contributed by atoms with Gasteiger partial charge in [-0.3, -0.25) is 4.79 Å². The van der Waals surface area contributed by atoms with Crippen LogP contribution in [0.1, 0.15) is 37.6 Å². The Labute approximate surface area is 125 Å². The normalized spacial score (nSPS) is 14.9. The second-order valence-electron chi connectivity index (χ2n) is 4.73. The van der Waals surface area contributed by atoms with Crippen LogP contribution in [0.3, 0.4) is 0 Å². The van der Waals surface area contributed by atoms with Crippen LogP contribution < -0.4 is 5.32 Å². The minimum Gasteiger partial charge on any atom is -0.467 e. The third-order valence-corrected chi connectivity index (χ3v) is 3.59. The monoisotopic (exact) mass is 293 g/mol. The quantitative estimate of drug-likeness (QED) is 0.782. The number of hydrogen-bond donors (Lipinski definition) is 1. The summed E-state index contributed by atoms with van der Waals surface area (Å²) in [5, 5.41) is 2.79. The molecule has 116 valence electrons. The van der Waals surface area contributed by atoms with E-state index in [1.807, 2.05) is 19.9 Å². The van der Waals surface area contributed by atoms with Gasteiger partial charge in [0.25, 0.3) is 5.91 Å². The lowest BCUT2D eigenvalue weighted by molar-refractivity contribution is -0.155. The van der Waals surface area contributed by atoms with Gasteiger partial charge in [0.1, 0.15) is 0 Å². The summed E-state index contributed by atoms with van der Waals surface area (Å²) in [5.41, 5.74) is -0.708. The second kappa shape index (κ2) is 7.78. The van der Waals surface area contributed by atoms with E-state index in [9.17, 15) is 9.59 Å². The Morgan fingerprint density at radius 1 is 1.24 bits per heavy atom. The number of ether oxygens (including phenoxy) is 2. The summed E-state index contributed by atoms with van der Waals surface area (Å²) in [7, 11) is 1.31. The topological polar surface area (TPSA) is 64.6 Å². The lowest BCUT2D eigenvalue weighted by atomic mass is 9.89. The SMILES string of the molecule is CCO[C@@H](C)[C@](CC)(NC(=O)c1ccccc1)C(=O)OC. The molecular weight excluding hydrogens is 270 g/mol. The van der Waals surface area contributed by atoms with Gasteiger partial charge < -0.3 is 14.8 Å². The molecule has 0 aliphatic rings. The summed E-state index contributed by atoms with van der Waals surface area (Å²) >= 11 is 0. The van der Waals surface area contributed by atoms with E-state index in [-0.39, 0.29) is 5.91 Å². The first-order valence-corrected chi connectivity index (χ1v) is 7.09. The predicted molar refractivity (Wildman–Crippen MR) is 80.0 cm³/mol. The van der Waals surface area contributed by atoms with Gasteiger partial charge >= 0.3 is 5.97 Å². The molecule has 0 bridgehead atoms. The summed E-state index contributed by atoms with van der Waals surface area (Å²) in [5.74, 6) is -0.829. The predicted octanol–water partition coefficient (Wildman–Crippen LogP) is 2.16. The lowest BCUT2D eigenvalue weighted by Gasteiger charge is -2.36. The molecule has 21 heavy (non-hydrogen) atoms. The van der Waals surface area contributed by atoms with Crippen molar-refractivity contribution in [2.24, 2.45) is 0 Å². The molecule has 0 spiro atoms. The lowest BCUT2D eigenvalue weighted by Crippen LogP contribution is -2.62. The molecule has 0 saturated heterocycles. The first-order chi connectivity index (χ1) is 10.0. The minimum atomic E-state index is -1.20. The van der Waals surface area contributed by atoms with Gasteiger partial charge in [0, 0.05) is 12.2 Å². The Morgan fingerprint density at radius 2 is 1.86 bits per heavy atom. The Morgan fingerprint density at radius 3 is 2.33 bits per heavy atom. The van der Waals surface area contributed by atoms with E-state index >= 15 is 0 Å². The maximum Gasteiger partial charge on any atom is 0.334 e. The van der Waals surface area contributed by atoms with Gasteiger partial charge in [-0.05, 0) is 32.4 Å². The van der Waals surface area contributed by atoms with Crippen LogP contribution in [0.4, 0.5) is 0 Å². The Kier molecular flexibility index (Phi) is 6.37. The van der Waals surface area contributed by atoms with Gasteiger partial charge in [0.05, 0.1) is 13.2 Å². The molecule has 0 saturated carbocycles. The number of amides is 1. The Bertz CT molecular complexity index is 474. The van der Waals surface area contributed by atoms with Crippen molar-refractivity contribution in [2.45, 2.75) is 38.8 Å². The largest absolute Gasteiger partial charge is 0.467 e. The molecule has 1 rings (SSSR count). The zero-order chi connectivity index (χ0) is 15.9. The number of methoxy groups -OCH3 is 1. The number of nitrogens with one attached hydrogen (secondary N) is 1. The van der Waals surface area contributed by atoms with Gasteiger partial charge in [-0.25, -0.2) is 4.79 Å². The number of carbonyl (C=O) groups is 2. The van der Waals surface area contributed by atoms with Crippen LogP contribution in [0.5, 0.6) is 0 Å². The standard InChI is InChI=1S/C16H23NO4/c1-5-16(15(19)20-4,12(3)21-6-2)17-14(18)13-10-8-7-9-11-13/h7-12H,5-6H2,1-4H3,(H,17,18)/t12-,16-/m0/s1. The van der Waals surface area contributed by atoms with Crippen molar-refractivity contribution in [1.82, 2.24) is 5.32 Å². The summed E-state index contributed by atoms with van der Waals surface area (Å²) in [6.07, 6.45) is -0.119.